The van der Waals surface area contributed by atoms with E-state index in [1.54, 1.807) is 0 Å². The second-order valence-electron chi connectivity index (χ2n) is 4.57. The van der Waals surface area contributed by atoms with E-state index in [1.165, 1.54) is 0 Å². The predicted molar refractivity (Wildman–Crippen MR) is 53.0 cm³/mol. The van der Waals surface area contributed by atoms with Gasteiger partial charge in [-0.25, -0.2) is 0 Å². The third-order valence-corrected chi connectivity index (χ3v) is 2.79. The highest BCUT2D eigenvalue weighted by Crippen LogP contribution is 2.35. The van der Waals surface area contributed by atoms with Crippen LogP contribution in [0, 0.1) is 5.92 Å². The monoisotopic (exact) mass is 226 g/mol. The van der Waals surface area contributed by atoms with Crippen LogP contribution in [0.5, 0.6) is 0 Å². The van der Waals surface area contributed by atoms with Gasteiger partial charge in [0.1, 0.15) is 6.04 Å². The number of ether oxygens (including phenoxy) is 1. The van der Waals surface area contributed by atoms with Crippen molar-refractivity contribution >= 4 is 17.7 Å². The van der Waals surface area contributed by atoms with Gasteiger partial charge in [-0.2, -0.15) is 0 Å². The minimum atomic E-state index is -0.837. The van der Waals surface area contributed by atoms with Crippen molar-refractivity contribution in [1.29, 1.82) is 0 Å². The Labute approximate surface area is 92.7 Å². The van der Waals surface area contributed by atoms with Gasteiger partial charge in [-0.3, -0.25) is 19.3 Å². The number of rotatable bonds is 4. The zero-order valence-corrected chi connectivity index (χ0v) is 9.17. The van der Waals surface area contributed by atoms with Crippen LogP contribution in [0.3, 0.4) is 0 Å². The van der Waals surface area contributed by atoms with Crippen molar-refractivity contribution in [2.24, 2.45) is 11.7 Å². The average molecular weight is 226 g/mol. The van der Waals surface area contributed by atoms with Crippen molar-refractivity contribution in [2.75, 3.05) is 0 Å². The van der Waals surface area contributed by atoms with Gasteiger partial charge >= 0.3 is 0 Å². The molecule has 0 aromatic carbocycles. The fourth-order valence-electron chi connectivity index (χ4n) is 1.97. The van der Waals surface area contributed by atoms with E-state index in [0.29, 0.717) is 6.42 Å². The zero-order chi connectivity index (χ0) is 12.0. The highest BCUT2D eigenvalue weighted by molar-refractivity contribution is 6.13. The number of nitrogens with two attached hydrogens (primary N) is 1. The summed E-state index contributed by atoms with van der Waals surface area (Å²) in [7, 11) is 0. The molecule has 0 aromatic heterocycles. The Morgan fingerprint density at radius 3 is 2.25 bits per heavy atom. The molecule has 0 aromatic rings. The van der Waals surface area contributed by atoms with Crippen molar-refractivity contribution in [3.63, 3.8) is 0 Å². The first kappa shape index (κ1) is 11.1. The maximum Gasteiger partial charge on any atom is 0.262 e. The van der Waals surface area contributed by atoms with Crippen LogP contribution in [0.4, 0.5) is 0 Å². The molecule has 2 heterocycles. The Morgan fingerprint density at radius 2 is 1.88 bits per heavy atom. The lowest BCUT2D eigenvalue weighted by atomic mass is 10.0. The summed E-state index contributed by atoms with van der Waals surface area (Å²) in [4.78, 5) is 35.6. The summed E-state index contributed by atoms with van der Waals surface area (Å²) in [5, 5.41) is 0. The number of fused-ring (bicyclic) bond motifs is 1. The van der Waals surface area contributed by atoms with Crippen LogP contribution in [0.2, 0.25) is 0 Å². The molecule has 2 fully saturated rings. The summed E-state index contributed by atoms with van der Waals surface area (Å²) in [6, 6.07) is -0.837. The van der Waals surface area contributed by atoms with Gasteiger partial charge in [0.05, 0.1) is 0 Å². The fraction of sp³-hybridized carbons (Fsp3) is 0.700. The number of likely N-dealkylation sites (tertiary alicyclic amines) is 1. The summed E-state index contributed by atoms with van der Waals surface area (Å²) >= 11 is 0. The van der Waals surface area contributed by atoms with Gasteiger partial charge in [-0.05, 0) is 12.3 Å². The van der Waals surface area contributed by atoms with Gasteiger partial charge in [0, 0.05) is 0 Å². The fourth-order valence-corrected chi connectivity index (χ4v) is 1.97. The topological polar surface area (TPSA) is 93.0 Å². The van der Waals surface area contributed by atoms with E-state index in [9.17, 15) is 14.4 Å². The largest absolute Gasteiger partial charge is 0.368 e. The number of carbonyl (C=O) groups excluding carboxylic acids is 3. The van der Waals surface area contributed by atoms with Crippen molar-refractivity contribution < 1.29 is 19.1 Å². The molecular weight excluding hydrogens is 212 g/mol. The second-order valence-corrected chi connectivity index (χ2v) is 4.57. The van der Waals surface area contributed by atoms with Crippen molar-refractivity contribution in [3.05, 3.63) is 0 Å². The molecule has 2 N–H and O–H groups in total. The summed E-state index contributed by atoms with van der Waals surface area (Å²) in [6.07, 6.45) is -0.935. The normalized spacial score (nSPS) is 29.6. The van der Waals surface area contributed by atoms with Crippen molar-refractivity contribution in [3.8, 4) is 0 Å². The summed E-state index contributed by atoms with van der Waals surface area (Å²) in [5.41, 5.74) is 5.22. The number of carbonyl (C=O) groups is 3. The average Bonchev–Trinajstić information content (AvgIpc) is 2.90. The molecule has 2 aliphatic rings. The Morgan fingerprint density at radius 1 is 1.38 bits per heavy atom. The molecule has 0 saturated carbocycles. The number of hydrogen-bond acceptors (Lipinski definition) is 4. The lowest BCUT2D eigenvalue weighted by molar-refractivity contribution is -0.151. The van der Waals surface area contributed by atoms with E-state index in [4.69, 9.17) is 10.5 Å². The van der Waals surface area contributed by atoms with Crippen molar-refractivity contribution in [2.45, 2.75) is 38.5 Å². The second kappa shape index (κ2) is 3.55. The maximum atomic E-state index is 11.7. The molecule has 0 spiro atoms. The number of amides is 3. The number of nitrogens with zero attached hydrogens (tertiary/aromatic N) is 1. The Balaban J connectivity index is 2.17. The van der Waals surface area contributed by atoms with Crippen LogP contribution in [-0.2, 0) is 19.1 Å². The van der Waals surface area contributed by atoms with Crippen molar-refractivity contribution in [1.82, 2.24) is 4.90 Å². The number of epoxide rings is 1. The number of primary amides is 1. The Bertz CT molecular complexity index is 346. The van der Waals surface area contributed by atoms with Crippen LogP contribution in [0.1, 0.15) is 20.3 Å². The standard InChI is InChI=1S/C10H14N2O4/c1-4(2)3-5(8(11)13)12-9(14)6-7(16-6)10(12)15/h4-7H,3H2,1-2H3,(H2,11,13)/t5-,6?,7?/m0/s1. The quantitative estimate of drug-likeness (QED) is 0.492. The van der Waals surface area contributed by atoms with Crippen LogP contribution in [0.25, 0.3) is 0 Å². The highest BCUT2D eigenvalue weighted by atomic mass is 16.6. The summed E-state index contributed by atoms with van der Waals surface area (Å²) in [6.45, 7) is 3.80. The molecule has 6 nitrogen and oxygen atoms in total. The van der Waals surface area contributed by atoms with Gasteiger partial charge in [0.25, 0.3) is 11.8 Å². The minimum Gasteiger partial charge on any atom is -0.368 e. The third-order valence-electron chi connectivity index (χ3n) is 2.79. The van der Waals surface area contributed by atoms with Crippen LogP contribution >= 0.6 is 0 Å². The highest BCUT2D eigenvalue weighted by Gasteiger charge is 2.63. The van der Waals surface area contributed by atoms with Gasteiger partial charge in [-0.15, -0.1) is 0 Å². The van der Waals surface area contributed by atoms with Crippen LogP contribution in [0.15, 0.2) is 0 Å². The molecule has 3 amide bonds. The number of imide groups is 1. The van der Waals surface area contributed by atoms with E-state index in [0.717, 1.165) is 4.90 Å². The SMILES string of the molecule is CC(C)C[C@@H](C(N)=O)N1C(=O)C2OC2C1=O. The number of hydrogen-bond donors (Lipinski definition) is 1. The third kappa shape index (κ3) is 1.59. The first-order valence-electron chi connectivity index (χ1n) is 5.25. The van der Waals surface area contributed by atoms with E-state index in [1.807, 2.05) is 13.8 Å². The van der Waals surface area contributed by atoms with Crippen LogP contribution in [-0.4, -0.2) is 40.9 Å². The lowest BCUT2D eigenvalue weighted by Gasteiger charge is -2.25. The van der Waals surface area contributed by atoms with Gasteiger partial charge in [0.15, 0.2) is 12.2 Å². The lowest BCUT2D eigenvalue weighted by Crippen LogP contribution is -2.50. The van der Waals surface area contributed by atoms with Gasteiger partial charge in [-0.1, -0.05) is 13.8 Å². The van der Waals surface area contributed by atoms with E-state index in [-0.39, 0.29) is 5.92 Å². The van der Waals surface area contributed by atoms with Gasteiger partial charge < -0.3 is 10.5 Å². The molecule has 16 heavy (non-hydrogen) atoms. The first-order chi connectivity index (χ1) is 7.43. The molecule has 2 rings (SSSR count). The zero-order valence-electron chi connectivity index (χ0n) is 9.17. The minimum absolute atomic E-state index is 0.177. The molecular formula is C10H14N2O4. The molecule has 2 saturated heterocycles. The summed E-state index contributed by atoms with van der Waals surface area (Å²) < 4.78 is 4.85. The Kier molecular flexibility index (Phi) is 2.46. The van der Waals surface area contributed by atoms with Crippen LogP contribution < -0.4 is 5.73 Å². The summed E-state index contributed by atoms with van der Waals surface area (Å²) in [5.74, 6) is -1.33. The number of morpholine rings is 1. The Hall–Kier alpha value is -1.43. The predicted octanol–water partition coefficient (Wildman–Crippen LogP) is -0.977. The van der Waals surface area contributed by atoms with Gasteiger partial charge in [0.2, 0.25) is 5.91 Å². The van der Waals surface area contributed by atoms with E-state index < -0.39 is 36.0 Å². The maximum absolute atomic E-state index is 11.7. The molecule has 6 heteroatoms. The first-order valence-corrected chi connectivity index (χ1v) is 5.25. The molecule has 2 aliphatic heterocycles. The molecule has 3 atom stereocenters. The van der Waals surface area contributed by atoms with E-state index >= 15 is 0 Å². The molecule has 0 aliphatic carbocycles. The van der Waals surface area contributed by atoms with E-state index in [2.05, 4.69) is 0 Å². The smallest absolute Gasteiger partial charge is 0.262 e. The molecule has 0 radical (unpaired) electrons. The molecule has 2 unspecified atom stereocenters. The molecule has 0 bridgehead atoms. The molecule has 88 valence electrons.